The molecule has 0 aliphatic heterocycles. The summed E-state index contributed by atoms with van der Waals surface area (Å²) in [4.78, 5) is 4.36. The van der Waals surface area contributed by atoms with Crippen LogP contribution in [0.5, 0.6) is 5.75 Å². The molecule has 0 bridgehead atoms. The molecule has 5 heteroatoms. The monoisotopic (exact) mass is 261 g/mol. The Morgan fingerprint density at radius 1 is 1.32 bits per heavy atom. The Labute approximate surface area is 113 Å². The maximum Gasteiger partial charge on any atom is 0.243 e. The Balaban J connectivity index is 1.83. The Morgan fingerprint density at radius 2 is 2.11 bits per heavy atom. The third kappa shape index (κ3) is 3.79. The van der Waals surface area contributed by atoms with E-state index in [-0.39, 0.29) is 6.04 Å². The number of ether oxygens (including phenoxy) is 1. The highest BCUT2D eigenvalue weighted by atomic mass is 16.5. The molecule has 2 aromatic rings. The van der Waals surface area contributed by atoms with E-state index in [2.05, 4.69) is 22.4 Å². The average Bonchev–Trinajstić information content (AvgIpc) is 2.90. The first-order valence-corrected chi connectivity index (χ1v) is 6.51. The molecule has 0 amide bonds. The van der Waals surface area contributed by atoms with Crippen LogP contribution in [0.2, 0.25) is 0 Å². The SMILES string of the molecule is CCC(NC)c1nc(CCOc2ccccc2)no1. The Bertz CT molecular complexity index is 480. The van der Waals surface area contributed by atoms with Crippen molar-refractivity contribution in [3.05, 3.63) is 42.0 Å². The van der Waals surface area contributed by atoms with Crippen molar-refractivity contribution in [1.29, 1.82) is 0 Å². The fourth-order valence-electron chi connectivity index (χ4n) is 1.79. The average molecular weight is 261 g/mol. The van der Waals surface area contributed by atoms with Crippen LogP contribution in [0.3, 0.4) is 0 Å². The van der Waals surface area contributed by atoms with Gasteiger partial charge in [0, 0.05) is 6.42 Å². The summed E-state index contributed by atoms with van der Waals surface area (Å²) in [6.45, 7) is 2.61. The number of benzene rings is 1. The van der Waals surface area contributed by atoms with Crippen molar-refractivity contribution in [3.63, 3.8) is 0 Å². The molecule has 5 nitrogen and oxygen atoms in total. The van der Waals surface area contributed by atoms with Crippen LogP contribution in [0, 0.1) is 0 Å². The van der Waals surface area contributed by atoms with Gasteiger partial charge in [-0.1, -0.05) is 30.3 Å². The normalized spacial score (nSPS) is 12.3. The van der Waals surface area contributed by atoms with E-state index >= 15 is 0 Å². The summed E-state index contributed by atoms with van der Waals surface area (Å²) in [5, 5.41) is 7.09. The fourth-order valence-corrected chi connectivity index (χ4v) is 1.79. The van der Waals surface area contributed by atoms with Crippen LogP contribution in [0.4, 0.5) is 0 Å². The first kappa shape index (κ1) is 13.5. The van der Waals surface area contributed by atoms with Gasteiger partial charge < -0.3 is 14.6 Å². The van der Waals surface area contributed by atoms with E-state index in [0.717, 1.165) is 12.2 Å². The molecule has 1 heterocycles. The molecule has 0 fully saturated rings. The Morgan fingerprint density at radius 3 is 2.79 bits per heavy atom. The summed E-state index contributed by atoms with van der Waals surface area (Å²) in [5.74, 6) is 2.17. The molecule has 0 aliphatic rings. The van der Waals surface area contributed by atoms with Gasteiger partial charge in [-0.25, -0.2) is 0 Å². The highest BCUT2D eigenvalue weighted by Crippen LogP contribution is 2.14. The molecule has 19 heavy (non-hydrogen) atoms. The lowest BCUT2D eigenvalue weighted by atomic mass is 10.2. The van der Waals surface area contributed by atoms with E-state index in [4.69, 9.17) is 9.26 Å². The second-order valence-electron chi connectivity index (χ2n) is 4.21. The second-order valence-corrected chi connectivity index (χ2v) is 4.21. The summed E-state index contributed by atoms with van der Waals surface area (Å²) < 4.78 is 10.8. The number of hydrogen-bond acceptors (Lipinski definition) is 5. The van der Waals surface area contributed by atoms with E-state index in [1.54, 1.807) is 0 Å². The molecular formula is C14H19N3O2. The minimum absolute atomic E-state index is 0.122. The number of nitrogens with zero attached hydrogens (tertiary/aromatic N) is 2. The number of aromatic nitrogens is 2. The van der Waals surface area contributed by atoms with Gasteiger partial charge in [0.1, 0.15) is 5.75 Å². The van der Waals surface area contributed by atoms with Gasteiger partial charge >= 0.3 is 0 Å². The molecule has 0 radical (unpaired) electrons. The molecule has 102 valence electrons. The van der Waals surface area contributed by atoms with Crippen LogP contribution in [-0.2, 0) is 6.42 Å². The molecule has 1 aromatic heterocycles. The van der Waals surface area contributed by atoms with E-state index in [1.807, 2.05) is 37.4 Å². The quantitative estimate of drug-likeness (QED) is 0.829. The number of para-hydroxylation sites is 1. The highest BCUT2D eigenvalue weighted by molar-refractivity contribution is 5.20. The smallest absolute Gasteiger partial charge is 0.243 e. The first-order valence-electron chi connectivity index (χ1n) is 6.51. The van der Waals surface area contributed by atoms with Crippen molar-refractivity contribution in [2.45, 2.75) is 25.8 Å². The maximum absolute atomic E-state index is 5.60. The minimum atomic E-state index is 0.122. The summed E-state index contributed by atoms with van der Waals surface area (Å²) in [6.07, 6.45) is 1.55. The molecule has 1 unspecified atom stereocenters. The number of hydrogen-bond donors (Lipinski definition) is 1. The van der Waals surface area contributed by atoms with Crippen molar-refractivity contribution in [3.8, 4) is 5.75 Å². The van der Waals surface area contributed by atoms with Crippen LogP contribution in [0.15, 0.2) is 34.9 Å². The van der Waals surface area contributed by atoms with Crippen molar-refractivity contribution in [1.82, 2.24) is 15.5 Å². The summed E-state index contributed by atoms with van der Waals surface area (Å²) in [7, 11) is 1.89. The number of nitrogens with one attached hydrogen (secondary N) is 1. The van der Waals surface area contributed by atoms with E-state index < -0.39 is 0 Å². The van der Waals surface area contributed by atoms with Crippen molar-refractivity contribution < 1.29 is 9.26 Å². The lowest BCUT2D eigenvalue weighted by Gasteiger charge is -2.06. The lowest BCUT2D eigenvalue weighted by Crippen LogP contribution is -2.15. The lowest BCUT2D eigenvalue weighted by molar-refractivity contribution is 0.309. The largest absolute Gasteiger partial charge is 0.493 e. The van der Waals surface area contributed by atoms with E-state index in [0.29, 0.717) is 24.7 Å². The molecular weight excluding hydrogens is 242 g/mol. The zero-order valence-electron chi connectivity index (χ0n) is 11.3. The zero-order chi connectivity index (χ0) is 13.5. The first-order chi connectivity index (χ1) is 9.33. The molecule has 2 rings (SSSR count). The summed E-state index contributed by atoms with van der Waals surface area (Å²) in [6, 6.07) is 9.82. The van der Waals surface area contributed by atoms with Crippen molar-refractivity contribution in [2.75, 3.05) is 13.7 Å². The zero-order valence-corrected chi connectivity index (χ0v) is 11.3. The standard InChI is InChI=1S/C14H19N3O2/c1-3-12(15-2)14-16-13(17-19-14)9-10-18-11-7-5-4-6-8-11/h4-8,12,15H,3,9-10H2,1-2H3. The summed E-state index contributed by atoms with van der Waals surface area (Å²) in [5.41, 5.74) is 0. The molecule has 1 atom stereocenters. The van der Waals surface area contributed by atoms with Gasteiger partial charge in [0.25, 0.3) is 0 Å². The van der Waals surface area contributed by atoms with Gasteiger partial charge in [0.05, 0.1) is 12.6 Å². The maximum atomic E-state index is 5.60. The minimum Gasteiger partial charge on any atom is -0.493 e. The fraction of sp³-hybridized carbons (Fsp3) is 0.429. The van der Waals surface area contributed by atoms with E-state index in [1.165, 1.54) is 0 Å². The predicted molar refractivity (Wildman–Crippen MR) is 72.0 cm³/mol. The van der Waals surface area contributed by atoms with E-state index in [9.17, 15) is 0 Å². The highest BCUT2D eigenvalue weighted by Gasteiger charge is 2.14. The van der Waals surface area contributed by atoms with Gasteiger partial charge in [-0.2, -0.15) is 4.98 Å². The predicted octanol–water partition coefficient (Wildman–Crippen LogP) is 2.36. The van der Waals surface area contributed by atoms with Gasteiger partial charge in [0.15, 0.2) is 5.82 Å². The van der Waals surface area contributed by atoms with Crippen LogP contribution >= 0.6 is 0 Å². The third-order valence-corrected chi connectivity index (χ3v) is 2.88. The van der Waals surface area contributed by atoms with Gasteiger partial charge in [-0.05, 0) is 25.6 Å². The third-order valence-electron chi connectivity index (χ3n) is 2.88. The summed E-state index contributed by atoms with van der Waals surface area (Å²) >= 11 is 0. The van der Waals surface area contributed by atoms with Gasteiger partial charge in [0.2, 0.25) is 5.89 Å². The Kier molecular flexibility index (Phi) is 4.92. The molecule has 0 saturated heterocycles. The van der Waals surface area contributed by atoms with Gasteiger partial charge in [-0.15, -0.1) is 0 Å². The van der Waals surface area contributed by atoms with Crippen LogP contribution < -0.4 is 10.1 Å². The molecule has 0 saturated carbocycles. The van der Waals surface area contributed by atoms with Crippen molar-refractivity contribution in [2.24, 2.45) is 0 Å². The van der Waals surface area contributed by atoms with Gasteiger partial charge in [-0.3, -0.25) is 0 Å². The number of rotatable bonds is 7. The molecule has 0 aliphatic carbocycles. The van der Waals surface area contributed by atoms with Crippen LogP contribution in [-0.4, -0.2) is 23.8 Å². The molecule has 1 N–H and O–H groups in total. The van der Waals surface area contributed by atoms with Crippen molar-refractivity contribution >= 4 is 0 Å². The van der Waals surface area contributed by atoms with Crippen LogP contribution in [0.1, 0.15) is 31.1 Å². The van der Waals surface area contributed by atoms with Crippen LogP contribution in [0.25, 0.3) is 0 Å². The molecule has 1 aromatic carbocycles. The Hall–Kier alpha value is -1.88. The topological polar surface area (TPSA) is 60.2 Å². The molecule has 0 spiro atoms. The second kappa shape index (κ2) is 6.89.